The Balaban J connectivity index is 1.48. The van der Waals surface area contributed by atoms with E-state index < -0.39 is 0 Å². The Labute approximate surface area is 136 Å². The van der Waals surface area contributed by atoms with Gasteiger partial charge in [-0.15, -0.1) is 0 Å². The van der Waals surface area contributed by atoms with E-state index in [4.69, 9.17) is 0 Å². The minimum Gasteiger partial charge on any atom is -0.304 e. The topological polar surface area (TPSA) is 90.0 Å². The number of carbonyl (C=O) groups excluding carboxylic acids is 1. The maximum Gasteiger partial charge on any atom is 0.277 e. The first-order valence-corrected chi connectivity index (χ1v) is 7.31. The predicted octanol–water partition coefficient (Wildman–Crippen LogP) is 1.62. The van der Waals surface area contributed by atoms with Gasteiger partial charge in [-0.2, -0.15) is 5.10 Å². The number of hydrogen-bond donors (Lipinski definition) is 1. The van der Waals surface area contributed by atoms with Crippen molar-refractivity contribution in [3.8, 4) is 0 Å². The minimum absolute atomic E-state index is 0.288. The van der Waals surface area contributed by atoms with Crippen molar-refractivity contribution in [1.82, 2.24) is 29.1 Å². The number of fused-ring (bicyclic) bond motifs is 1. The number of rotatable bonds is 4. The van der Waals surface area contributed by atoms with Gasteiger partial charge in [0, 0.05) is 43.2 Å². The Morgan fingerprint density at radius 3 is 2.96 bits per heavy atom. The first kappa shape index (κ1) is 14.1. The molecule has 4 aromatic rings. The molecular weight excluding hydrogens is 306 g/mol. The molecule has 0 aromatic carbocycles. The molecule has 1 N–H and O–H groups in total. The van der Waals surface area contributed by atoms with Crippen LogP contribution in [-0.2, 0) is 6.54 Å². The number of anilines is 1. The summed E-state index contributed by atoms with van der Waals surface area (Å²) in [5.41, 5.74) is 1.32. The van der Waals surface area contributed by atoms with E-state index in [1.54, 1.807) is 58.4 Å². The van der Waals surface area contributed by atoms with Crippen molar-refractivity contribution >= 4 is 17.5 Å². The van der Waals surface area contributed by atoms with Gasteiger partial charge in [-0.05, 0) is 17.7 Å². The average molecular weight is 319 g/mol. The van der Waals surface area contributed by atoms with Crippen molar-refractivity contribution in [1.29, 1.82) is 0 Å². The smallest absolute Gasteiger partial charge is 0.277 e. The van der Waals surface area contributed by atoms with Crippen LogP contribution in [0.15, 0.2) is 61.4 Å². The highest BCUT2D eigenvalue weighted by molar-refractivity contribution is 6.02. The predicted molar refractivity (Wildman–Crippen MR) is 86.5 cm³/mol. The highest BCUT2D eigenvalue weighted by atomic mass is 16.2. The summed E-state index contributed by atoms with van der Waals surface area (Å²) in [6.45, 7) is 0.585. The molecule has 0 unspecified atom stereocenters. The lowest BCUT2D eigenvalue weighted by molar-refractivity contribution is 0.102. The van der Waals surface area contributed by atoms with E-state index in [1.165, 1.54) is 0 Å². The molecule has 0 atom stereocenters. The molecule has 0 aliphatic rings. The summed E-state index contributed by atoms with van der Waals surface area (Å²) in [5, 5.41) is 7.07. The molecule has 0 aliphatic heterocycles. The lowest BCUT2D eigenvalue weighted by Crippen LogP contribution is -2.13. The zero-order valence-electron chi connectivity index (χ0n) is 12.6. The maximum absolute atomic E-state index is 12.3. The van der Waals surface area contributed by atoms with Gasteiger partial charge < -0.3 is 5.32 Å². The number of hydrogen-bond acceptors (Lipinski definition) is 5. The summed E-state index contributed by atoms with van der Waals surface area (Å²) in [7, 11) is 0. The van der Waals surface area contributed by atoms with Crippen LogP contribution < -0.4 is 5.32 Å². The fourth-order valence-corrected chi connectivity index (χ4v) is 2.31. The van der Waals surface area contributed by atoms with Crippen LogP contribution in [0.25, 0.3) is 5.78 Å². The molecule has 24 heavy (non-hydrogen) atoms. The van der Waals surface area contributed by atoms with Crippen LogP contribution in [0.1, 0.15) is 16.1 Å². The third-order valence-electron chi connectivity index (χ3n) is 3.42. The van der Waals surface area contributed by atoms with Crippen LogP contribution in [0.3, 0.4) is 0 Å². The van der Waals surface area contributed by atoms with Gasteiger partial charge in [0.15, 0.2) is 5.82 Å². The fraction of sp³-hybridized carbons (Fsp3) is 0.0625. The number of amides is 1. The van der Waals surface area contributed by atoms with Crippen LogP contribution in [0.5, 0.6) is 0 Å². The summed E-state index contributed by atoms with van der Waals surface area (Å²) < 4.78 is 3.42. The molecule has 4 aromatic heterocycles. The Morgan fingerprint density at radius 2 is 2.12 bits per heavy atom. The highest BCUT2D eigenvalue weighted by Gasteiger charge is 2.12. The van der Waals surface area contributed by atoms with Gasteiger partial charge in [-0.25, -0.2) is 9.97 Å². The number of imidazole rings is 1. The van der Waals surface area contributed by atoms with Crippen molar-refractivity contribution in [3.63, 3.8) is 0 Å². The second kappa shape index (κ2) is 5.92. The summed E-state index contributed by atoms with van der Waals surface area (Å²) in [6, 6.07) is 7.36. The minimum atomic E-state index is -0.327. The van der Waals surface area contributed by atoms with Gasteiger partial charge in [-0.3, -0.25) is 18.9 Å². The zero-order chi connectivity index (χ0) is 16.4. The molecule has 4 heterocycles. The maximum atomic E-state index is 12.3. The van der Waals surface area contributed by atoms with Gasteiger partial charge in [0.2, 0.25) is 5.78 Å². The van der Waals surface area contributed by atoms with E-state index in [0.29, 0.717) is 18.1 Å². The van der Waals surface area contributed by atoms with Gasteiger partial charge >= 0.3 is 0 Å². The van der Waals surface area contributed by atoms with Crippen LogP contribution >= 0.6 is 0 Å². The number of carbonyl (C=O) groups is 1. The summed E-state index contributed by atoms with van der Waals surface area (Å²) in [5.74, 6) is 0.616. The number of pyridine rings is 1. The average Bonchev–Trinajstić information content (AvgIpc) is 3.22. The van der Waals surface area contributed by atoms with Gasteiger partial charge in [0.1, 0.15) is 5.69 Å². The largest absolute Gasteiger partial charge is 0.304 e. The monoisotopic (exact) mass is 319 g/mol. The summed E-state index contributed by atoms with van der Waals surface area (Å²) in [6.07, 6.45) is 10.3. The molecule has 0 saturated heterocycles. The van der Waals surface area contributed by atoms with Crippen molar-refractivity contribution < 1.29 is 4.79 Å². The normalized spacial score (nSPS) is 10.8. The van der Waals surface area contributed by atoms with Crippen LogP contribution in [0.2, 0.25) is 0 Å². The molecule has 0 radical (unpaired) electrons. The summed E-state index contributed by atoms with van der Waals surface area (Å²) in [4.78, 5) is 24.6. The van der Waals surface area contributed by atoms with E-state index in [2.05, 4.69) is 25.4 Å². The highest BCUT2D eigenvalue weighted by Crippen LogP contribution is 2.08. The molecule has 4 rings (SSSR count). The molecule has 0 aliphatic carbocycles. The molecule has 1 amide bonds. The lowest BCUT2D eigenvalue weighted by Gasteiger charge is -2.01. The molecule has 118 valence electrons. The van der Waals surface area contributed by atoms with Crippen molar-refractivity contribution in [2.45, 2.75) is 6.54 Å². The van der Waals surface area contributed by atoms with E-state index in [-0.39, 0.29) is 11.6 Å². The second-order valence-corrected chi connectivity index (χ2v) is 5.17. The van der Waals surface area contributed by atoms with Crippen LogP contribution in [0.4, 0.5) is 5.82 Å². The Morgan fingerprint density at radius 1 is 1.17 bits per heavy atom. The zero-order valence-corrected chi connectivity index (χ0v) is 12.6. The SMILES string of the molecule is O=C(Nc1ccn(Cc2cccnc2)n1)c1cn2cccnc2n1. The Kier molecular flexibility index (Phi) is 3.47. The number of nitrogens with zero attached hydrogens (tertiary/aromatic N) is 6. The molecule has 0 fully saturated rings. The van der Waals surface area contributed by atoms with E-state index in [1.807, 2.05) is 12.1 Å². The van der Waals surface area contributed by atoms with Gasteiger partial charge in [0.05, 0.1) is 6.54 Å². The molecule has 8 nitrogen and oxygen atoms in total. The van der Waals surface area contributed by atoms with Gasteiger partial charge in [-0.1, -0.05) is 6.07 Å². The standard InChI is InChI=1S/C16H13N7O/c24-15(13-11-22-7-2-6-18-16(22)19-13)20-14-4-8-23(21-14)10-12-3-1-5-17-9-12/h1-9,11H,10H2,(H,20,21,24). The van der Waals surface area contributed by atoms with Crippen LogP contribution in [0, 0.1) is 0 Å². The Hall–Kier alpha value is -3.55. The molecule has 8 heteroatoms. The van der Waals surface area contributed by atoms with Crippen LogP contribution in [-0.4, -0.2) is 35.0 Å². The van der Waals surface area contributed by atoms with E-state index in [0.717, 1.165) is 5.56 Å². The molecular formula is C16H13N7O. The summed E-state index contributed by atoms with van der Waals surface area (Å²) >= 11 is 0. The molecule has 0 spiro atoms. The number of nitrogens with one attached hydrogen (secondary N) is 1. The number of aromatic nitrogens is 6. The van der Waals surface area contributed by atoms with Crippen molar-refractivity contribution in [2.24, 2.45) is 0 Å². The lowest BCUT2D eigenvalue weighted by atomic mass is 10.3. The first-order valence-electron chi connectivity index (χ1n) is 7.31. The third kappa shape index (κ3) is 2.84. The van der Waals surface area contributed by atoms with Crippen molar-refractivity contribution in [3.05, 3.63) is 72.7 Å². The van der Waals surface area contributed by atoms with Crippen molar-refractivity contribution in [2.75, 3.05) is 5.32 Å². The Bertz CT molecular complexity index is 957. The van der Waals surface area contributed by atoms with E-state index in [9.17, 15) is 4.79 Å². The molecule has 0 bridgehead atoms. The first-order chi connectivity index (χ1) is 11.8. The quantitative estimate of drug-likeness (QED) is 0.617. The van der Waals surface area contributed by atoms with E-state index >= 15 is 0 Å². The third-order valence-corrected chi connectivity index (χ3v) is 3.42. The van der Waals surface area contributed by atoms with Gasteiger partial charge in [0.25, 0.3) is 5.91 Å². The fourth-order valence-electron chi connectivity index (χ4n) is 2.31. The second-order valence-electron chi connectivity index (χ2n) is 5.17. The molecule has 0 saturated carbocycles.